The van der Waals surface area contributed by atoms with Crippen molar-refractivity contribution >= 4 is 10.0 Å². The van der Waals surface area contributed by atoms with E-state index in [4.69, 9.17) is 0 Å². The lowest BCUT2D eigenvalue weighted by molar-refractivity contribution is 0.390. The lowest BCUT2D eigenvalue weighted by atomic mass is 10.0. The second kappa shape index (κ2) is 6.50. The third-order valence-corrected chi connectivity index (χ3v) is 5.27. The summed E-state index contributed by atoms with van der Waals surface area (Å²) >= 11 is 0. The van der Waals surface area contributed by atoms with Gasteiger partial charge in [0.1, 0.15) is 0 Å². The number of hydrogen-bond donors (Lipinski definition) is 1. The van der Waals surface area contributed by atoms with Gasteiger partial charge in [0.05, 0.1) is 5.75 Å². The average molecular weight is 282 g/mol. The molecule has 4 nitrogen and oxygen atoms in total. The Hall–Kier alpha value is -0.910. The lowest BCUT2D eigenvalue weighted by Gasteiger charge is -2.28. The van der Waals surface area contributed by atoms with Gasteiger partial charge >= 0.3 is 0 Å². The fraction of sp³-hybridized carbons (Fsp3) is 0.571. The van der Waals surface area contributed by atoms with Gasteiger partial charge in [0.2, 0.25) is 10.0 Å². The minimum Gasteiger partial charge on any atom is -0.316 e. The van der Waals surface area contributed by atoms with Crippen LogP contribution in [-0.2, 0) is 23.0 Å². The van der Waals surface area contributed by atoms with E-state index >= 15 is 0 Å². The summed E-state index contributed by atoms with van der Waals surface area (Å²) in [5.74, 6) is 0.190. The molecule has 0 atom stereocenters. The van der Waals surface area contributed by atoms with Gasteiger partial charge in [0.25, 0.3) is 0 Å². The molecule has 2 rings (SSSR count). The predicted molar refractivity (Wildman–Crippen MR) is 77.5 cm³/mol. The minimum atomic E-state index is -3.14. The van der Waals surface area contributed by atoms with E-state index < -0.39 is 10.0 Å². The number of fused-ring (bicyclic) bond motifs is 1. The van der Waals surface area contributed by atoms with Gasteiger partial charge in [-0.05, 0) is 30.5 Å². The van der Waals surface area contributed by atoms with E-state index in [2.05, 4.69) is 18.3 Å². The maximum Gasteiger partial charge on any atom is 0.215 e. The Kier molecular flexibility index (Phi) is 4.96. The van der Waals surface area contributed by atoms with Crippen molar-refractivity contribution in [2.45, 2.75) is 26.3 Å². The monoisotopic (exact) mass is 282 g/mol. The molecule has 0 fully saturated rings. The molecule has 0 aliphatic carbocycles. The highest BCUT2D eigenvalue weighted by Crippen LogP contribution is 2.20. The fourth-order valence-corrected chi connectivity index (χ4v) is 3.71. The quantitative estimate of drug-likeness (QED) is 0.802. The molecule has 19 heavy (non-hydrogen) atoms. The summed E-state index contributed by atoms with van der Waals surface area (Å²) < 4.78 is 26.1. The van der Waals surface area contributed by atoms with Gasteiger partial charge in [0.15, 0.2) is 0 Å². The maximum atomic E-state index is 12.2. The number of nitrogens with one attached hydrogen (secondary N) is 1. The summed E-state index contributed by atoms with van der Waals surface area (Å²) in [6, 6.07) is 8.09. The maximum absolute atomic E-state index is 12.2. The predicted octanol–water partition coefficient (Wildman–Crippen LogP) is 1.37. The van der Waals surface area contributed by atoms with E-state index in [9.17, 15) is 8.42 Å². The molecule has 0 aromatic heterocycles. The zero-order valence-corrected chi connectivity index (χ0v) is 12.2. The molecule has 0 saturated heterocycles. The Morgan fingerprint density at radius 1 is 1.21 bits per heavy atom. The number of sulfonamides is 1. The Balaban J connectivity index is 1.96. The Morgan fingerprint density at radius 2 is 1.95 bits per heavy atom. The Morgan fingerprint density at radius 3 is 2.68 bits per heavy atom. The van der Waals surface area contributed by atoms with Crippen molar-refractivity contribution in [3.05, 3.63) is 35.4 Å². The van der Waals surface area contributed by atoms with Gasteiger partial charge in [-0.25, -0.2) is 8.42 Å². The fourth-order valence-electron chi connectivity index (χ4n) is 2.34. The molecule has 0 radical (unpaired) electrons. The molecule has 5 heteroatoms. The first-order valence-electron chi connectivity index (χ1n) is 6.89. The first kappa shape index (κ1) is 14.5. The van der Waals surface area contributed by atoms with E-state index in [1.54, 1.807) is 4.31 Å². The summed E-state index contributed by atoms with van der Waals surface area (Å²) in [6.45, 7) is 4.61. The van der Waals surface area contributed by atoms with E-state index in [1.165, 1.54) is 5.56 Å². The molecule has 0 unspecified atom stereocenters. The first-order chi connectivity index (χ1) is 9.13. The minimum absolute atomic E-state index is 0.190. The molecule has 1 aliphatic heterocycles. The largest absolute Gasteiger partial charge is 0.316 e. The molecule has 0 amide bonds. The van der Waals surface area contributed by atoms with Gasteiger partial charge in [0, 0.05) is 19.6 Å². The molecule has 1 aromatic carbocycles. The highest BCUT2D eigenvalue weighted by molar-refractivity contribution is 7.89. The van der Waals surface area contributed by atoms with Gasteiger partial charge in [-0.15, -0.1) is 0 Å². The van der Waals surface area contributed by atoms with Gasteiger partial charge in [-0.2, -0.15) is 4.31 Å². The summed E-state index contributed by atoms with van der Waals surface area (Å²) in [5, 5.41) is 3.14. The highest BCUT2D eigenvalue weighted by atomic mass is 32.2. The van der Waals surface area contributed by atoms with Crippen LogP contribution in [0.15, 0.2) is 24.3 Å². The van der Waals surface area contributed by atoms with Crippen LogP contribution in [0, 0.1) is 0 Å². The van der Waals surface area contributed by atoms with Crippen LogP contribution in [0.2, 0.25) is 0 Å². The first-order valence-corrected chi connectivity index (χ1v) is 8.49. The number of nitrogens with zero attached hydrogens (tertiary/aromatic N) is 1. The van der Waals surface area contributed by atoms with Crippen molar-refractivity contribution < 1.29 is 8.42 Å². The molecule has 1 aliphatic rings. The highest BCUT2D eigenvalue weighted by Gasteiger charge is 2.25. The van der Waals surface area contributed by atoms with E-state index in [0.717, 1.165) is 24.9 Å². The van der Waals surface area contributed by atoms with Crippen molar-refractivity contribution in [3.8, 4) is 0 Å². The van der Waals surface area contributed by atoms with Crippen LogP contribution >= 0.6 is 0 Å². The summed E-state index contributed by atoms with van der Waals surface area (Å²) in [6.07, 6.45) is 1.84. The third-order valence-electron chi connectivity index (χ3n) is 3.45. The molecule has 1 aromatic rings. The lowest BCUT2D eigenvalue weighted by Crippen LogP contribution is -2.39. The average Bonchev–Trinajstić information content (AvgIpc) is 2.43. The topological polar surface area (TPSA) is 49.4 Å². The Bertz CT molecular complexity index is 514. The number of hydrogen-bond acceptors (Lipinski definition) is 3. The normalized spacial score (nSPS) is 16.3. The van der Waals surface area contributed by atoms with Gasteiger partial charge in [-0.1, -0.05) is 31.2 Å². The van der Waals surface area contributed by atoms with Gasteiger partial charge < -0.3 is 5.32 Å². The molecule has 0 saturated carbocycles. The van der Waals surface area contributed by atoms with Crippen LogP contribution in [0.5, 0.6) is 0 Å². The number of benzene rings is 1. The zero-order valence-electron chi connectivity index (χ0n) is 11.4. The van der Waals surface area contributed by atoms with Crippen LogP contribution in [0.1, 0.15) is 24.5 Å². The summed E-state index contributed by atoms with van der Waals surface area (Å²) in [5.41, 5.74) is 2.41. The molecule has 1 heterocycles. The van der Waals surface area contributed by atoms with Crippen LogP contribution in [0.4, 0.5) is 0 Å². The van der Waals surface area contributed by atoms with Crippen LogP contribution in [-0.4, -0.2) is 38.1 Å². The standard InChI is InChI=1S/C14H22N2O2S/c1-2-8-15-9-11-19(17,18)16-10-7-13-5-3-4-6-14(13)12-16/h3-6,15H,2,7-12H2,1H3. The zero-order chi connectivity index (χ0) is 13.7. The SMILES string of the molecule is CCCNCCS(=O)(=O)N1CCc2ccccc2C1. The second-order valence-corrected chi connectivity index (χ2v) is 7.01. The molecular formula is C14H22N2O2S. The third kappa shape index (κ3) is 3.78. The molecule has 1 N–H and O–H groups in total. The molecule has 0 bridgehead atoms. The van der Waals surface area contributed by atoms with E-state index in [0.29, 0.717) is 19.6 Å². The van der Waals surface area contributed by atoms with Crippen molar-refractivity contribution in [3.63, 3.8) is 0 Å². The summed E-state index contributed by atoms with van der Waals surface area (Å²) in [7, 11) is -3.14. The molecule has 106 valence electrons. The Labute approximate surface area is 115 Å². The molecular weight excluding hydrogens is 260 g/mol. The number of rotatable bonds is 6. The van der Waals surface area contributed by atoms with Crippen molar-refractivity contribution in [2.75, 3.05) is 25.4 Å². The van der Waals surface area contributed by atoms with Crippen molar-refractivity contribution in [2.24, 2.45) is 0 Å². The van der Waals surface area contributed by atoms with E-state index in [-0.39, 0.29) is 5.75 Å². The van der Waals surface area contributed by atoms with Crippen LogP contribution in [0.3, 0.4) is 0 Å². The van der Waals surface area contributed by atoms with E-state index in [1.807, 2.05) is 18.2 Å². The van der Waals surface area contributed by atoms with Crippen molar-refractivity contribution in [1.82, 2.24) is 9.62 Å². The second-order valence-electron chi connectivity index (χ2n) is 4.92. The van der Waals surface area contributed by atoms with Crippen LogP contribution < -0.4 is 5.32 Å². The van der Waals surface area contributed by atoms with Crippen LogP contribution in [0.25, 0.3) is 0 Å². The van der Waals surface area contributed by atoms with Gasteiger partial charge in [-0.3, -0.25) is 0 Å². The molecule has 0 spiro atoms. The van der Waals surface area contributed by atoms with Crippen molar-refractivity contribution in [1.29, 1.82) is 0 Å². The smallest absolute Gasteiger partial charge is 0.215 e. The summed E-state index contributed by atoms with van der Waals surface area (Å²) in [4.78, 5) is 0.